The summed E-state index contributed by atoms with van der Waals surface area (Å²) in [5.41, 5.74) is 0.561. The Labute approximate surface area is 89.7 Å². The Hall–Kier alpha value is -1.35. The van der Waals surface area contributed by atoms with Gasteiger partial charge in [-0.15, -0.1) is 0 Å². The molecule has 1 aromatic rings. The highest BCUT2D eigenvalue weighted by molar-refractivity contribution is 5.76. The van der Waals surface area contributed by atoms with Crippen molar-refractivity contribution in [2.75, 3.05) is 6.61 Å². The maximum Gasteiger partial charge on any atom is 0.339 e. The van der Waals surface area contributed by atoms with Crippen LogP contribution in [0.25, 0.3) is 0 Å². The Balaban J connectivity index is 2.54. The van der Waals surface area contributed by atoms with Crippen molar-refractivity contribution in [1.82, 2.24) is 0 Å². The maximum atomic E-state index is 11.4. The summed E-state index contributed by atoms with van der Waals surface area (Å²) >= 11 is 0. The van der Waals surface area contributed by atoms with E-state index < -0.39 is 12.1 Å². The van der Waals surface area contributed by atoms with Crippen molar-refractivity contribution in [1.29, 1.82) is 0 Å². The Morgan fingerprint density at radius 3 is 2.47 bits per heavy atom. The standard InChI is InChI=1S/C12H16O3/c1-9(2)8-15-12(14)11(13)10-6-4-3-5-7-10/h3-7,9,11,13H,8H2,1-2H3. The summed E-state index contributed by atoms with van der Waals surface area (Å²) in [6, 6.07) is 8.76. The molecular weight excluding hydrogens is 192 g/mol. The van der Waals surface area contributed by atoms with Crippen LogP contribution in [-0.2, 0) is 9.53 Å². The highest BCUT2D eigenvalue weighted by atomic mass is 16.5. The first-order valence-corrected chi connectivity index (χ1v) is 5.01. The average Bonchev–Trinajstić information content (AvgIpc) is 2.26. The average molecular weight is 208 g/mol. The number of ether oxygens (including phenoxy) is 1. The minimum Gasteiger partial charge on any atom is -0.463 e. The van der Waals surface area contributed by atoms with E-state index >= 15 is 0 Å². The second kappa shape index (κ2) is 5.51. The number of carbonyl (C=O) groups is 1. The third-order valence-electron chi connectivity index (χ3n) is 1.90. The predicted molar refractivity (Wildman–Crippen MR) is 57.2 cm³/mol. The quantitative estimate of drug-likeness (QED) is 0.769. The first-order chi connectivity index (χ1) is 7.11. The van der Waals surface area contributed by atoms with Crippen LogP contribution in [0.15, 0.2) is 30.3 Å². The zero-order valence-electron chi connectivity index (χ0n) is 9.01. The number of benzene rings is 1. The number of carbonyl (C=O) groups excluding carboxylic acids is 1. The van der Waals surface area contributed by atoms with Crippen molar-refractivity contribution in [3.05, 3.63) is 35.9 Å². The largest absolute Gasteiger partial charge is 0.463 e. The molecule has 0 saturated carbocycles. The lowest BCUT2D eigenvalue weighted by atomic mass is 10.1. The normalized spacial score (nSPS) is 12.5. The molecule has 0 heterocycles. The molecule has 1 unspecified atom stereocenters. The number of rotatable bonds is 4. The Bertz CT molecular complexity index is 306. The number of aliphatic hydroxyl groups excluding tert-OH is 1. The second-order valence-corrected chi connectivity index (χ2v) is 3.84. The van der Waals surface area contributed by atoms with Crippen LogP contribution in [0, 0.1) is 5.92 Å². The highest BCUT2D eigenvalue weighted by Gasteiger charge is 2.18. The van der Waals surface area contributed by atoms with E-state index in [-0.39, 0.29) is 5.92 Å². The molecule has 0 bridgehead atoms. The lowest BCUT2D eigenvalue weighted by Gasteiger charge is -2.12. The molecule has 0 aromatic heterocycles. The third-order valence-corrected chi connectivity index (χ3v) is 1.90. The zero-order valence-corrected chi connectivity index (χ0v) is 9.01. The van der Waals surface area contributed by atoms with Gasteiger partial charge < -0.3 is 9.84 Å². The molecule has 0 aliphatic rings. The van der Waals surface area contributed by atoms with Crippen LogP contribution in [0.4, 0.5) is 0 Å². The summed E-state index contributed by atoms with van der Waals surface area (Å²) < 4.78 is 4.93. The van der Waals surface area contributed by atoms with E-state index in [1.54, 1.807) is 24.3 Å². The molecule has 3 heteroatoms. The summed E-state index contributed by atoms with van der Waals surface area (Å²) in [7, 11) is 0. The van der Waals surface area contributed by atoms with E-state index in [4.69, 9.17) is 4.74 Å². The van der Waals surface area contributed by atoms with Crippen molar-refractivity contribution in [3.8, 4) is 0 Å². The van der Waals surface area contributed by atoms with Gasteiger partial charge in [0.2, 0.25) is 0 Å². The van der Waals surface area contributed by atoms with Crippen LogP contribution in [0.3, 0.4) is 0 Å². The van der Waals surface area contributed by atoms with Gasteiger partial charge in [-0.25, -0.2) is 4.79 Å². The zero-order chi connectivity index (χ0) is 11.3. The van der Waals surface area contributed by atoms with Gasteiger partial charge >= 0.3 is 5.97 Å². The van der Waals surface area contributed by atoms with Gasteiger partial charge in [0.05, 0.1) is 6.61 Å². The third kappa shape index (κ3) is 3.72. The minimum atomic E-state index is -1.18. The maximum absolute atomic E-state index is 11.4. The molecule has 0 fully saturated rings. The van der Waals surface area contributed by atoms with Gasteiger partial charge in [-0.05, 0) is 11.5 Å². The predicted octanol–water partition coefficient (Wildman–Crippen LogP) is 1.92. The van der Waals surface area contributed by atoms with Gasteiger partial charge in [0.15, 0.2) is 6.10 Å². The van der Waals surface area contributed by atoms with Gasteiger partial charge in [-0.1, -0.05) is 44.2 Å². The molecular formula is C12H16O3. The highest BCUT2D eigenvalue weighted by Crippen LogP contribution is 2.13. The molecule has 15 heavy (non-hydrogen) atoms. The summed E-state index contributed by atoms with van der Waals surface area (Å²) in [5, 5.41) is 9.63. The van der Waals surface area contributed by atoms with Crippen LogP contribution < -0.4 is 0 Å². The molecule has 82 valence electrons. The van der Waals surface area contributed by atoms with Gasteiger partial charge in [-0.2, -0.15) is 0 Å². The van der Waals surface area contributed by atoms with Gasteiger partial charge in [0, 0.05) is 0 Å². The number of hydrogen-bond donors (Lipinski definition) is 1. The number of hydrogen-bond acceptors (Lipinski definition) is 3. The Morgan fingerprint density at radius 1 is 1.33 bits per heavy atom. The molecule has 1 rings (SSSR count). The second-order valence-electron chi connectivity index (χ2n) is 3.84. The Morgan fingerprint density at radius 2 is 1.93 bits per heavy atom. The van der Waals surface area contributed by atoms with Crippen LogP contribution in [-0.4, -0.2) is 17.7 Å². The smallest absolute Gasteiger partial charge is 0.339 e. The first kappa shape index (κ1) is 11.7. The monoisotopic (exact) mass is 208 g/mol. The molecule has 0 aliphatic heterocycles. The van der Waals surface area contributed by atoms with E-state index in [2.05, 4.69) is 0 Å². The Kier molecular flexibility index (Phi) is 4.31. The summed E-state index contributed by atoms with van der Waals surface area (Å²) in [6.07, 6.45) is -1.18. The van der Waals surface area contributed by atoms with Crippen LogP contribution in [0.5, 0.6) is 0 Å². The van der Waals surface area contributed by atoms with E-state index in [0.29, 0.717) is 12.2 Å². The van der Waals surface area contributed by atoms with Crippen molar-refractivity contribution in [2.24, 2.45) is 5.92 Å². The van der Waals surface area contributed by atoms with Crippen molar-refractivity contribution in [3.63, 3.8) is 0 Å². The fraction of sp³-hybridized carbons (Fsp3) is 0.417. The molecule has 0 radical (unpaired) electrons. The van der Waals surface area contributed by atoms with Gasteiger partial charge in [0.1, 0.15) is 0 Å². The fourth-order valence-electron chi connectivity index (χ4n) is 1.10. The fourth-order valence-corrected chi connectivity index (χ4v) is 1.10. The molecule has 0 spiro atoms. The van der Waals surface area contributed by atoms with Crippen LogP contribution in [0.1, 0.15) is 25.5 Å². The number of esters is 1. The summed E-state index contributed by atoms with van der Waals surface area (Å²) in [4.78, 5) is 11.4. The molecule has 0 amide bonds. The minimum absolute atomic E-state index is 0.275. The molecule has 1 atom stereocenters. The van der Waals surface area contributed by atoms with Crippen molar-refractivity contribution in [2.45, 2.75) is 20.0 Å². The number of aliphatic hydroxyl groups is 1. The molecule has 3 nitrogen and oxygen atoms in total. The van der Waals surface area contributed by atoms with Gasteiger partial charge in [-0.3, -0.25) is 0 Å². The summed E-state index contributed by atoms with van der Waals surface area (Å²) in [5.74, 6) is -0.313. The van der Waals surface area contributed by atoms with Gasteiger partial charge in [0.25, 0.3) is 0 Å². The van der Waals surface area contributed by atoms with E-state index in [1.165, 1.54) is 0 Å². The topological polar surface area (TPSA) is 46.5 Å². The lowest BCUT2D eigenvalue weighted by molar-refractivity contribution is -0.155. The van der Waals surface area contributed by atoms with Crippen molar-refractivity contribution >= 4 is 5.97 Å². The molecule has 1 aromatic carbocycles. The van der Waals surface area contributed by atoms with E-state index in [9.17, 15) is 9.90 Å². The molecule has 0 aliphatic carbocycles. The summed E-state index contributed by atoms with van der Waals surface area (Å²) in [6.45, 7) is 4.23. The lowest BCUT2D eigenvalue weighted by Crippen LogP contribution is -2.17. The molecule has 1 N–H and O–H groups in total. The van der Waals surface area contributed by atoms with E-state index in [1.807, 2.05) is 19.9 Å². The van der Waals surface area contributed by atoms with E-state index in [0.717, 1.165) is 0 Å². The van der Waals surface area contributed by atoms with Crippen molar-refractivity contribution < 1.29 is 14.6 Å². The SMILES string of the molecule is CC(C)COC(=O)C(O)c1ccccc1. The van der Waals surface area contributed by atoms with Crippen LogP contribution in [0.2, 0.25) is 0 Å². The first-order valence-electron chi connectivity index (χ1n) is 5.01. The molecule has 0 saturated heterocycles. The van der Waals surface area contributed by atoms with Crippen LogP contribution >= 0.6 is 0 Å².